The molecule has 3 saturated carbocycles. The number of fused-ring (bicyclic) bond motifs is 5. The van der Waals surface area contributed by atoms with E-state index < -0.39 is 0 Å². The fourth-order valence-corrected chi connectivity index (χ4v) is 8.68. The molecule has 5 rings (SSSR count). The van der Waals surface area contributed by atoms with E-state index in [0.29, 0.717) is 35.9 Å². The lowest BCUT2D eigenvalue weighted by Gasteiger charge is -2.56. The van der Waals surface area contributed by atoms with Crippen molar-refractivity contribution >= 4 is 17.8 Å². The molecule has 1 aromatic rings. The largest absolute Gasteiger partial charge is 0.493 e. The standard InChI is InChI=1S/C35H49NO5/c1-7-36(8-2)17-18-40-31-12-9-24(20-32(31)39-6)19-25-21-30-28-11-10-26-22-27(41-23(3)37)13-15-34(26,4)29(28)14-16-35(30,5)33(25)38/h9-10,12,19-20,27-30H,7-8,11,13-18,21-22H2,1-6H3/b25-19+/t27-,28?,29?,30?,34-,35-/m0/s1. The molecule has 3 fully saturated rings. The maximum Gasteiger partial charge on any atom is 0.302 e. The molecule has 0 aliphatic heterocycles. The number of hydrogen-bond donors (Lipinski definition) is 0. The number of nitrogens with zero attached hydrogens (tertiary/aromatic N) is 1. The number of rotatable bonds is 9. The third-order valence-corrected chi connectivity index (χ3v) is 11.1. The number of esters is 1. The molecule has 6 nitrogen and oxygen atoms in total. The van der Waals surface area contributed by atoms with Crippen LogP contribution in [0.1, 0.15) is 85.1 Å². The lowest BCUT2D eigenvalue weighted by atomic mass is 9.48. The van der Waals surface area contributed by atoms with Crippen molar-refractivity contribution in [2.75, 3.05) is 33.4 Å². The molecular weight excluding hydrogens is 514 g/mol. The lowest BCUT2D eigenvalue weighted by molar-refractivity contribution is -0.148. The summed E-state index contributed by atoms with van der Waals surface area (Å²) in [5.41, 5.74) is 3.27. The summed E-state index contributed by atoms with van der Waals surface area (Å²) in [6.07, 6.45) is 11.3. The molecular formula is C35H49NO5. The molecule has 41 heavy (non-hydrogen) atoms. The van der Waals surface area contributed by atoms with Gasteiger partial charge >= 0.3 is 5.97 Å². The van der Waals surface area contributed by atoms with Gasteiger partial charge in [0.15, 0.2) is 17.3 Å². The summed E-state index contributed by atoms with van der Waals surface area (Å²) in [7, 11) is 1.67. The molecule has 0 bridgehead atoms. The van der Waals surface area contributed by atoms with Crippen LogP contribution in [0.25, 0.3) is 6.08 Å². The van der Waals surface area contributed by atoms with Crippen molar-refractivity contribution in [3.05, 3.63) is 41.0 Å². The second-order valence-corrected chi connectivity index (χ2v) is 13.2. The van der Waals surface area contributed by atoms with Crippen molar-refractivity contribution in [1.82, 2.24) is 4.90 Å². The van der Waals surface area contributed by atoms with E-state index in [1.807, 2.05) is 18.2 Å². The molecule has 0 saturated heterocycles. The summed E-state index contributed by atoms with van der Waals surface area (Å²) >= 11 is 0. The summed E-state index contributed by atoms with van der Waals surface area (Å²) in [6, 6.07) is 6.01. The average molecular weight is 564 g/mol. The van der Waals surface area contributed by atoms with Crippen LogP contribution < -0.4 is 9.47 Å². The minimum absolute atomic E-state index is 0.0102. The zero-order valence-corrected chi connectivity index (χ0v) is 26.0. The number of allylic oxidation sites excluding steroid dienone is 2. The normalized spacial score (nSPS) is 33.6. The first-order valence-corrected chi connectivity index (χ1v) is 15.8. The Balaban J connectivity index is 1.33. The molecule has 6 atom stereocenters. The van der Waals surface area contributed by atoms with Crippen LogP contribution in [0.4, 0.5) is 0 Å². The van der Waals surface area contributed by atoms with E-state index in [2.05, 4.69) is 44.7 Å². The van der Waals surface area contributed by atoms with Gasteiger partial charge in [0.05, 0.1) is 7.11 Å². The fraction of sp³-hybridized carbons (Fsp3) is 0.657. The van der Waals surface area contributed by atoms with Gasteiger partial charge in [-0.15, -0.1) is 0 Å². The monoisotopic (exact) mass is 563 g/mol. The molecule has 0 heterocycles. The molecule has 0 amide bonds. The third kappa shape index (κ3) is 5.61. The number of benzene rings is 1. The average Bonchev–Trinajstić information content (AvgIpc) is 3.21. The topological polar surface area (TPSA) is 65.1 Å². The van der Waals surface area contributed by atoms with Crippen LogP contribution in [0.15, 0.2) is 35.4 Å². The number of carbonyl (C=O) groups excluding carboxylic acids is 2. The fourth-order valence-electron chi connectivity index (χ4n) is 8.68. The van der Waals surface area contributed by atoms with Crippen molar-refractivity contribution in [3.63, 3.8) is 0 Å². The summed E-state index contributed by atoms with van der Waals surface area (Å²) in [4.78, 5) is 27.8. The van der Waals surface area contributed by atoms with Crippen molar-refractivity contribution < 1.29 is 23.8 Å². The minimum atomic E-state index is -0.290. The van der Waals surface area contributed by atoms with Crippen molar-refractivity contribution in [2.45, 2.75) is 85.7 Å². The van der Waals surface area contributed by atoms with Gasteiger partial charge in [-0.25, -0.2) is 0 Å². The Kier molecular flexibility index (Phi) is 8.71. The lowest BCUT2D eigenvalue weighted by Crippen LogP contribution is -2.50. The Morgan fingerprint density at radius 2 is 1.80 bits per heavy atom. The summed E-state index contributed by atoms with van der Waals surface area (Å²) in [5, 5.41) is 0. The van der Waals surface area contributed by atoms with E-state index in [1.54, 1.807) is 7.11 Å². The Morgan fingerprint density at radius 3 is 2.51 bits per heavy atom. The highest BCUT2D eigenvalue weighted by Crippen LogP contribution is 2.65. The van der Waals surface area contributed by atoms with Gasteiger partial charge in [0.2, 0.25) is 0 Å². The molecule has 3 unspecified atom stereocenters. The Bertz CT molecular complexity index is 1210. The summed E-state index contributed by atoms with van der Waals surface area (Å²) < 4.78 is 17.3. The van der Waals surface area contributed by atoms with Gasteiger partial charge in [-0.05, 0) is 104 Å². The predicted octanol–water partition coefficient (Wildman–Crippen LogP) is 6.87. The Morgan fingerprint density at radius 1 is 1.05 bits per heavy atom. The number of likely N-dealkylation sites (N-methyl/N-ethyl adjacent to an activating group) is 1. The molecule has 6 heteroatoms. The maximum absolute atomic E-state index is 13.9. The molecule has 1 aromatic carbocycles. The summed E-state index contributed by atoms with van der Waals surface area (Å²) in [6.45, 7) is 14.0. The molecule has 4 aliphatic carbocycles. The van der Waals surface area contributed by atoms with E-state index >= 15 is 0 Å². The number of methoxy groups -OCH3 is 1. The molecule has 0 radical (unpaired) electrons. The number of hydrogen-bond acceptors (Lipinski definition) is 6. The van der Waals surface area contributed by atoms with Crippen LogP contribution in [-0.2, 0) is 14.3 Å². The molecule has 4 aliphatic rings. The van der Waals surface area contributed by atoms with Crippen LogP contribution in [0, 0.1) is 28.6 Å². The first-order chi connectivity index (χ1) is 19.6. The molecule has 0 aromatic heterocycles. The van der Waals surface area contributed by atoms with Gasteiger partial charge in [0.1, 0.15) is 12.7 Å². The van der Waals surface area contributed by atoms with Crippen molar-refractivity contribution in [3.8, 4) is 11.5 Å². The number of ether oxygens (including phenoxy) is 3. The number of ketones is 1. The predicted molar refractivity (Wildman–Crippen MR) is 162 cm³/mol. The quantitative estimate of drug-likeness (QED) is 0.186. The highest BCUT2D eigenvalue weighted by molar-refractivity contribution is 6.06. The highest BCUT2D eigenvalue weighted by atomic mass is 16.5. The van der Waals surface area contributed by atoms with E-state index in [9.17, 15) is 9.59 Å². The van der Waals surface area contributed by atoms with E-state index in [-0.39, 0.29) is 22.9 Å². The van der Waals surface area contributed by atoms with E-state index in [1.165, 1.54) is 12.5 Å². The van der Waals surface area contributed by atoms with Gasteiger partial charge in [0.25, 0.3) is 0 Å². The molecule has 0 spiro atoms. The number of Topliss-reactive ketones (excluding diaryl/α,β-unsaturated/α-hetero) is 1. The van der Waals surface area contributed by atoms with E-state index in [0.717, 1.165) is 81.5 Å². The highest BCUT2D eigenvalue weighted by Gasteiger charge is 2.60. The first-order valence-electron chi connectivity index (χ1n) is 15.8. The second-order valence-electron chi connectivity index (χ2n) is 13.2. The zero-order valence-electron chi connectivity index (χ0n) is 26.0. The number of carbonyl (C=O) groups is 2. The van der Waals surface area contributed by atoms with Gasteiger partial charge in [0, 0.05) is 25.3 Å². The van der Waals surface area contributed by atoms with Crippen LogP contribution in [0.5, 0.6) is 11.5 Å². The van der Waals surface area contributed by atoms with Crippen LogP contribution in [0.3, 0.4) is 0 Å². The SMILES string of the molecule is CCN(CC)CCOc1ccc(/C=C2\CC3C4CC=C5C[C@@H](OC(C)=O)CC[C@]5(C)C4CC[C@]3(C)C2=O)cc1OC. The van der Waals surface area contributed by atoms with Crippen molar-refractivity contribution in [2.24, 2.45) is 28.6 Å². The molecule has 0 N–H and O–H groups in total. The molecule has 224 valence electrons. The van der Waals surface area contributed by atoms with Gasteiger partial charge in [-0.2, -0.15) is 0 Å². The first kappa shape index (κ1) is 29.9. The summed E-state index contributed by atoms with van der Waals surface area (Å²) in [5.74, 6) is 3.06. The zero-order chi connectivity index (χ0) is 29.4. The van der Waals surface area contributed by atoms with Crippen LogP contribution in [0.2, 0.25) is 0 Å². The smallest absolute Gasteiger partial charge is 0.302 e. The third-order valence-electron chi connectivity index (χ3n) is 11.1. The van der Waals surface area contributed by atoms with Crippen LogP contribution in [-0.4, -0.2) is 56.1 Å². The second kappa shape index (κ2) is 11.9. The maximum atomic E-state index is 13.9. The van der Waals surface area contributed by atoms with Gasteiger partial charge in [-0.1, -0.05) is 45.4 Å². The Hall–Kier alpha value is -2.60. The van der Waals surface area contributed by atoms with E-state index in [4.69, 9.17) is 14.2 Å². The van der Waals surface area contributed by atoms with Gasteiger partial charge in [-0.3, -0.25) is 9.59 Å². The minimum Gasteiger partial charge on any atom is -0.493 e. The van der Waals surface area contributed by atoms with Crippen molar-refractivity contribution in [1.29, 1.82) is 0 Å². The van der Waals surface area contributed by atoms with Gasteiger partial charge < -0.3 is 19.1 Å². The van der Waals surface area contributed by atoms with Crippen LogP contribution >= 0.6 is 0 Å². The Labute approximate surface area is 246 Å².